The number of hydrogen-bond donors (Lipinski definition) is 2. The van der Waals surface area contributed by atoms with Crippen LogP contribution in [0, 0.1) is 17.2 Å². The molecule has 0 radical (unpaired) electrons. The van der Waals surface area contributed by atoms with E-state index >= 15 is 0 Å². The largest absolute Gasteiger partial charge is 0.337 e. The van der Waals surface area contributed by atoms with Crippen molar-refractivity contribution in [3.63, 3.8) is 0 Å². The summed E-state index contributed by atoms with van der Waals surface area (Å²) in [5.74, 6) is 0.658. The standard InChI is InChI=1S/C15H26N4O/c1-17-9-13-5-8-19(10-13)11-14(20)18-15(12-16)6-3-2-4-7-15/h13,17H,2-11H2,1H3,(H,18,20). The van der Waals surface area contributed by atoms with Gasteiger partial charge in [-0.2, -0.15) is 5.26 Å². The SMILES string of the molecule is CNCC1CCN(CC(=O)NC2(C#N)CCCCC2)C1. The third kappa shape index (κ3) is 3.94. The Morgan fingerprint density at radius 2 is 2.15 bits per heavy atom. The van der Waals surface area contributed by atoms with Crippen molar-refractivity contribution in [2.45, 2.75) is 44.1 Å². The Morgan fingerprint density at radius 1 is 1.40 bits per heavy atom. The van der Waals surface area contributed by atoms with Crippen molar-refractivity contribution in [1.29, 1.82) is 5.26 Å². The number of likely N-dealkylation sites (tertiary alicyclic amines) is 1. The Kier molecular flexibility index (Phi) is 5.38. The minimum absolute atomic E-state index is 0.0126. The Morgan fingerprint density at radius 3 is 2.80 bits per heavy atom. The highest BCUT2D eigenvalue weighted by Gasteiger charge is 2.34. The highest BCUT2D eigenvalue weighted by Crippen LogP contribution is 2.27. The summed E-state index contributed by atoms with van der Waals surface area (Å²) in [5, 5.41) is 15.6. The van der Waals surface area contributed by atoms with Crippen molar-refractivity contribution in [3.05, 3.63) is 0 Å². The van der Waals surface area contributed by atoms with E-state index in [1.165, 1.54) is 6.42 Å². The molecule has 5 heteroatoms. The number of nitriles is 1. The molecule has 0 aromatic carbocycles. The van der Waals surface area contributed by atoms with E-state index in [2.05, 4.69) is 21.6 Å². The maximum Gasteiger partial charge on any atom is 0.235 e. The third-order valence-corrected chi connectivity index (χ3v) is 4.53. The van der Waals surface area contributed by atoms with E-state index in [4.69, 9.17) is 0 Å². The van der Waals surface area contributed by atoms with Crippen LogP contribution < -0.4 is 10.6 Å². The van der Waals surface area contributed by atoms with Gasteiger partial charge in [0.2, 0.25) is 5.91 Å². The van der Waals surface area contributed by atoms with Crippen LogP contribution in [0.3, 0.4) is 0 Å². The number of carbonyl (C=O) groups excluding carboxylic acids is 1. The molecule has 2 rings (SSSR count). The van der Waals surface area contributed by atoms with Crippen LogP contribution in [-0.2, 0) is 4.79 Å². The Hall–Kier alpha value is -1.12. The fourth-order valence-electron chi connectivity index (χ4n) is 3.44. The molecule has 0 spiro atoms. The summed E-state index contributed by atoms with van der Waals surface area (Å²) in [6.45, 7) is 3.41. The Bertz CT molecular complexity index is 371. The lowest BCUT2D eigenvalue weighted by atomic mass is 9.83. The van der Waals surface area contributed by atoms with Crippen LogP contribution >= 0.6 is 0 Å². The predicted octanol–water partition coefficient (Wildman–Crippen LogP) is 0.870. The summed E-state index contributed by atoms with van der Waals surface area (Å²) >= 11 is 0. The first kappa shape index (κ1) is 15.3. The molecular formula is C15H26N4O. The summed E-state index contributed by atoms with van der Waals surface area (Å²) < 4.78 is 0. The van der Waals surface area contributed by atoms with E-state index in [9.17, 15) is 10.1 Å². The minimum Gasteiger partial charge on any atom is -0.337 e. The lowest BCUT2D eigenvalue weighted by Gasteiger charge is -2.32. The van der Waals surface area contributed by atoms with Crippen molar-refractivity contribution in [2.24, 2.45) is 5.92 Å². The van der Waals surface area contributed by atoms with Crippen LogP contribution in [0.4, 0.5) is 0 Å². The van der Waals surface area contributed by atoms with Gasteiger partial charge in [0, 0.05) is 6.54 Å². The molecule has 1 saturated heterocycles. The molecule has 1 aliphatic carbocycles. The molecule has 1 unspecified atom stereocenters. The zero-order valence-corrected chi connectivity index (χ0v) is 12.5. The molecule has 0 aromatic heterocycles. The first-order valence-electron chi connectivity index (χ1n) is 7.77. The normalized spacial score (nSPS) is 26.1. The van der Waals surface area contributed by atoms with Crippen molar-refractivity contribution in [2.75, 3.05) is 33.2 Å². The minimum atomic E-state index is -0.598. The van der Waals surface area contributed by atoms with Gasteiger partial charge in [0.05, 0.1) is 12.6 Å². The monoisotopic (exact) mass is 278 g/mol. The Balaban J connectivity index is 1.79. The molecule has 1 saturated carbocycles. The zero-order chi connectivity index (χ0) is 14.4. The maximum atomic E-state index is 12.2. The van der Waals surface area contributed by atoms with Gasteiger partial charge < -0.3 is 10.6 Å². The average Bonchev–Trinajstić information content (AvgIpc) is 2.87. The van der Waals surface area contributed by atoms with E-state index in [1.54, 1.807) is 0 Å². The highest BCUT2D eigenvalue weighted by atomic mass is 16.2. The second-order valence-corrected chi connectivity index (χ2v) is 6.25. The lowest BCUT2D eigenvalue weighted by molar-refractivity contribution is -0.123. The van der Waals surface area contributed by atoms with E-state index in [0.29, 0.717) is 12.5 Å². The van der Waals surface area contributed by atoms with Gasteiger partial charge in [-0.25, -0.2) is 0 Å². The number of nitrogens with one attached hydrogen (secondary N) is 2. The maximum absolute atomic E-state index is 12.2. The van der Waals surface area contributed by atoms with E-state index < -0.39 is 5.54 Å². The van der Waals surface area contributed by atoms with Gasteiger partial charge in [-0.15, -0.1) is 0 Å². The highest BCUT2D eigenvalue weighted by molar-refractivity contribution is 5.79. The van der Waals surface area contributed by atoms with Gasteiger partial charge >= 0.3 is 0 Å². The van der Waals surface area contributed by atoms with Crippen LogP contribution in [0.1, 0.15) is 38.5 Å². The summed E-state index contributed by atoms with van der Waals surface area (Å²) in [5.41, 5.74) is -0.598. The smallest absolute Gasteiger partial charge is 0.235 e. The molecule has 2 aliphatic rings. The molecule has 0 aromatic rings. The van der Waals surface area contributed by atoms with E-state index in [-0.39, 0.29) is 5.91 Å². The van der Waals surface area contributed by atoms with Gasteiger partial charge in [0.1, 0.15) is 5.54 Å². The van der Waals surface area contributed by atoms with Crippen molar-refractivity contribution in [1.82, 2.24) is 15.5 Å². The summed E-state index contributed by atoms with van der Waals surface area (Å²) in [6, 6.07) is 2.34. The second-order valence-electron chi connectivity index (χ2n) is 6.25. The summed E-state index contributed by atoms with van der Waals surface area (Å²) in [4.78, 5) is 14.4. The number of carbonyl (C=O) groups is 1. The molecule has 2 fully saturated rings. The zero-order valence-electron chi connectivity index (χ0n) is 12.5. The van der Waals surface area contributed by atoms with Crippen LogP contribution in [0.15, 0.2) is 0 Å². The lowest BCUT2D eigenvalue weighted by Crippen LogP contribution is -2.51. The number of hydrogen-bond acceptors (Lipinski definition) is 4. The number of rotatable bonds is 5. The number of amides is 1. The van der Waals surface area contributed by atoms with Gasteiger partial charge in [0.25, 0.3) is 0 Å². The molecule has 2 N–H and O–H groups in total. The van der Waals surface area contributed by atoms with Crippen LogP contribution in [0.5, 0.6) is 0 Å². The summed E-state index contributed by atoms with van der Waals surface area (Å²) in [7, 11) is 1.97. The molecule has 1 atom stereocenters. The van der Waals surface area contributed by atoms with E-state index in [0.717, 1.165) is 51.7 Å². The van der Waals surface area contributed by atoms with Crippen molar-refractivity contribution < 1.29 is 4.79 Å². The van der Waals surface area contributed by atoms with Gasteiger partial charge in [-0.3, -0.25) is 9.69 Å². The molecule has 1 aliphatic heterocycles. The second kappa shape index (κ2) is 7.05. The van der Waals surface area contributed by atoms with Crippen LogP contribution in [-0.4, -0.2) is 49.6 Å². The van der Waals surface area contributed by atoms with Gasteiger partial charge in [-0.1, -0.05) is 19.3 Å². The fourth-order valence-corrected chi connectivity index (χ4v) is 3.44. The average molecular weight is 278 g/mol. The number of nitrogens with zero attached hydrogens (tertiary/aromatic N) is 2. The van der Waals surface area contributed by atoms with Crippen LogP contribution in [0.25, 0.3) is 0 Å². The third-order valence-electron chi connectivity index (χ3n) is 4.53. The van der Waals surface area contributed by atoms with Crippen molar-refractivity contribution in [3.8, 4) is 6.07 Å². The Labute approximate surface area is 121 Å². The molecular weight excluding hydrogens is 252 g/mol. The van der Waals surface area contributed by atoms with E-state index in [1.807, 2.05) is 7.05 Å². The molecule has 0 bridgehead atoms. The molecule has 1 heterocycles. The van der Waals surface area contributed by atoms with Gasteiger partial charge in [0.15, 0.2) is 0 Å². The quantitative estimate of drug-likeness (QED) is 0.783. The molecule has 5 nitrogen and oxygen atoms in total. The topological polar surface area (TPSA) is 68.2 Å². The molecule has 20 heavy (non-hydrogen) atoms. The molecule has 112 valence electrons. The predicted molar refractivity (Wildman–Crippen MR) is 78.0 cm³/mol. The molecule has 1 amide bonds. The first-order valence-corrected chi connectivity index (χ1v) is 7.77. The fraction of sp³-hybridized carbons (Fsp3) is 0.867. The first-order chi connectivity index (χ1) is 9.67. The van der Waals surface area contributed by atoms with Gasteiger partial charge in [-0.05, 0) is 45.3 Å². The van der Waals surface area contributed by atoms with Crippen molar-refractivity contribution >= 4 is 5.91 Å². The summed E-state index contributed by atoms with van der Waals surface area (Å²) in [6.07, 6.45) is 6.02. The van der Waals surface area contributed by atoms with Crippen LogP contribution in [0.2, 0.25) is 0 Å².